The maximum absolute atomic E-state index is 2.32. The second-order valence-electron chi connectivity index (χ2n) is 6.81. The van der Waals surface area contributed by atoms with E-state index < -0.39 is 0 Å². The molecule has 0 heterocycles. The Bertz CT molecular complexity index is 819. The second kappa shape index (κ2) is 7.17. The third-order valence-electron chi connectivity index (χ3n) is 5.48. The number of benzene rings is 3. The summed E-state index contributed by atoms with van der Waals surface area (Å²) in [6.45, 7) is 2.26. The average molecular weight is 336 g/mol. The minimum Gasteiger partial charge on any atom is -0.0801 e. The van der Waals surface area contributed by atoms with Gasteiger partial charge >= 0.3 is 0 Å². The van der Waals surface area contributed by atoms with Crippen molar-refractivity contribution in [3.8, 4) is 0 Å². The highest BCUT2D eigenvalue weighted by molar-refractivity contribution is 5.62. The van der Waals surface area contributed by atoms with E-state index in [0.717, 1.165) is 12.8 Å². The molecule has 0 N–H and O–H groups in total. The Balaban J connectivity index is 2.12. The number of hydrogen-bond acceptors (Lipinski definition) is 0. The van der Waals surface area contributed by atoms with Crippen molar-refractivity contribution >= 4 is 0 Å². The fourth-order valence-corrected chi connectivity index (χ4v) is 4.36. The monoisotopic (exact) mass is 336 g/mol. The molecule has 4 rings (SSSR count). The molecule has 1 aliphatic rings. The first kappa shape index (κ1) is 16.6. The molecular formula is C26H24. The average Bonchev–Trinajstić information content (AvgIpc) is 3.20. The van der Waals surface area contributed by atoms with Gasteiger partial charge in [0.15, 0.2) is 0 Å². The Labute approximate surface area is 156 Å². The van der Waals surface area contributed by atoms with Gasteiger partial charge in [0.05, 0.1) is 5.41 Å². The molecule has 0 fully saturated rings. The lowest BCUT2D eigenvalue weighted by Crippen LogP contribution is -2.32. The Morgan fingerprint density at radius 2 is 1.08 bits per heavy atom. The molecule has 0 amide bonds. The van der Waals surface area contributed by atoms with E-state index in [2.05, 4.69) is 110 Å². The van der Waals surface area contributed by atoms with E-state index in [1.165, 1.54) is 27.8 Å². The largest absolute Gasteiger partial charge is 0.0801 e. The smallest absolute Gasteiger partial charge is 0.0670 e. The standard InChI is InChI=1S/C26H24/c1-2-21-13-12-20-25(21)26(22-14-6-3-7-15-22,23-16-8-4-9-17-23)24-18-10-5-11-19-24/h3-19H,2,20H2,1H3. The molecule has 0 nitrogen and oxygen atoms in total. The lowest BCUT2D eigenvalue weighted by Gasteiger charge is -2.38. The van der Waals surface area contributed by atoms with Crippen LogP contribution in [0, 0.1) is 0 Å². The third kappa shape index (κ3) is 2.63. The zero-order valence-corrected chi connectivity index (χ0v) is 15.2. The van der Waals surface area contributed by atoms with Crippen molar-refractivity contribution in [3.05, 3.63) is 131 Å². The summed E-state index contributed by atoms with van der Waals surface area (Å²) >= 11 is 0. The molecule has 0 aromatic heterocycles. The molecular weight excluding hydrogens is 312 g/mol. The fraction of sp³-hybridized carbons (Fsp3) is 0.154. The molecule has 3 aromatic carbocycles. The third-order valence-corrected chi connectivity index (χ3v) is 5.48. The highest BCUT2D eigenvalue weighted by Gasteiger charge is 2.41. The topological polar surface area (TPSA) is 0 Å². The van der Waals surface area contributed by atoms with Crippen LogP contribution in [-0.4, -0.2) is 0 Å². The molecule has 0 unspecified atom stereocenters. The summed E-state index contributed by atoms with van der Waals surface area (Å²) in [5.41, 5.74) is 6.72. The van der Waals surface area contributed by atoms with Gasteiger partial charge in [-0.3, -0.25) is 0 Å². The van der Waals surface area contributed by atoms with E-state index in [0.29, 0.717) is 0 Å². The minimum absolute atomic E-state index is 0.251. The number of rotatable bonds is 5. The minimum atomic E-state index is -0.251. The Morgan fingerprint density at radius 3 is 1.46 bits per heavy atom. The molecule has 0 saturated heterocycles. The molecule has 0 bridgehead atoms. The summed E-state index contributed by atoms with van der Waals surface area (Å²) in [4.78, 5) is 0. The quantitative estimate of drug-likeness (QED) is 0.455. The van der Waals surface area contributed by atoms with Crippen LogP contribution in [0.15, 0.2) is 114 Å². The van der Waals surface area contributed by atoms with Crippen LogP contribution >= 0.6 is 0 Å². The van der Waals surface area contributed by atoms with Crippen LogP contribution in [0.1, 0.15) is 36.5 Å². The van der Waals surface area contributed by atoms with Gasteiger partial charge in [0.25, 0.3) is 0 Å². The van der Waals surface area contributed by atoms with Gasteiger partial charge < -0.3 is 0 Å². The van der Waals surface area contributed by atoms with Crippen LogP contribution in [-0.2, 0) is 5.41 Å². The maximum Gasteiger partial charge on any atom is 0.0670 e. The zero-order chi connectivity index (χ0) is 17.8. The van der Waals surface area contributed by atoms with Gasteiger partial charge in [0, 0.05) is 0 Å². The fourth-order valence-electron chi connectivity index (χ4n) is 4.36. The lowest BCUT2D eigenvalue weighted by atomic mass is 9.63. The zero-order valence-electron chi connectivity index (χ0n) is 15.2. The van der Waals surface area contributed by atoms with Gasteiger partial charge in [-0.05, 0) is 40.7 Å². The number of hydrogen-bond donors (Lipinski definition) is 0. The molecule has 128 valence electrons. The lowest BCUT2D eigenvalue weighted by molar-refractivity contribution is 0.701. The molecule has 0 radical (unpaired) electrons. The van der Waals surface area contributed by atoms with Gasteiger partial charge in [0.2, 0.25) is 0 Å². The highest BCUT2D eigenvalue weighted by atomic mass is 14.4. The van der Waals surface area contributed by atoms with E-state index >= 15 is 0 Å². The van der Waals surface area contributed by atoms with Crippen LogP contribution in [0.25, 0.3) is 0 Å². The summed E-state index contributed by atoms with van der Waals surface area (Å²) in [7, 11) is 0. The first-order valence-corrected chi connectivity index (χ1v) is 9.43. The Hall–Kier alpha value is -2.86. The Kier molecular flexibility index (Phi) is 4.58. The summed E-state index contributed by atoms with van der Waals surface area (Å²) in [6.07, 6.45) is 6.69. The second-order valence-corrected chi connectivity index (χ2v) is 6.81. The molecule has 0 heteroatoms. The molecule has 0 aliphatic heterocycles. The predicted octanol–water partition coefficient (Wildman–Crippen LogP) is 6.69. The van der Waals surface area contributed by atoms with Gasteiger partial charge in [0.1, 0.15) is 0 Å². The molecule has 26 heavy (non-hydrogen) atoms. The molecule has 1 aliphatic carbocycles. The van der Waals surface area contributed by atoms with Crippen LogP contribution in [0.2, 0.25) is 0 Å². The highest BCUT2D eigenvalue weighted by Crippen LogP contribution is 2.49. The van der Waals surface area contributed by atoms with Crippen molar-refractivity contribution in [1.82, 2.24) is 0 Å². The van der Waals surface area contributed by atoms with Gasteiger partial charge in [-0.1, -0.05) is 110 Å². The first-order chi connectivity index (χ1) is 12.9. The SMILES string of the molecule is CCC1=C(C(c2ccccc2)(c2ccccc2)c2ccccc2)CC=C1. The first-order valence-electron chi connectivity index (χ1n) is 9.43. The summed E-state index contributed by atoms with van der Waals surface area (Å²) < 4.78 is 0. The van der Waals surface area contributed by atoms with E-state index in [1.807, 2.05) is 0 Å². The van der Waals surface area contributed by atoms with Crippen molar-refractivity contribution in [2.45, 2.75) is 25.2 Å². The summed E-state index contributed by atoms with van der Waals surface area (Å²) in [5, 5.41) is 0. The Morgan fingerprint density at radius 1 is 0.654 bits per heavy atom. The summed E-state index contributed by atoms with van der Waals surface area (Å²) in [6, 6.07) is 32.9. The molecule has 0 spiro atoms. The van der Waals surface area contributed by atoms with Crippen molar-refractivity contribution in [1.29, 1.82) is 0 Å². The van der Waals surface area contributed by atoms with Gasteiger partial charge in [-0.25, -0.2) is 0 Å². The molecule has 3 aromatic rings. The van der Waals surface area contributed by atoms with Crippen molar-refractivity contribution in [3.63, 3.8) is 0 Å². The van der Waals surface area contributed by atoms with Crippen LogP contribution in [0.5, 0.6) is 0 Å². The maximum atomic E-state index is 2.32. The summed E-state index contributed by atoms with van der Waals surface area (Å²) in [5.74, 6) is 0. The van der Waals surface area contributed by atoms with Crippen molar-refractivity contribution < 1.29 is 0 Å². The van der Waals surface area contributed by atoms with Gasteiger partial charge in [-0.15, -0.1) is 0 Å². The van der Waals surface area contributed by atoms with Crippen molar-refractivity contribution in [2.75, 3.05) is 0 Å². The van der Waals surface area contributed by atoms with E-state index in [4.69, 9.17) is 0 Å². The predicted molar refractivity (Wildman–Crippen MR) is 110 cm³/mol. The van der Waals surface area contributed by atoms with Gasteiger partial charge in [-0.2, -0.15) is 0 Å². The normalized spacial score (nSPS) is 14.0. The van der Waals surface area contributed by atoms with Crippen LogP contribution < -0.4 is 0 Å². The molecule has 0 saturated carbocycles. The van der Waals surface area contributed by atoms with Crippen LogP contribution in [0.3, 0.4) is 0 Å². The van der Waals surface area contributed by atoms with E-state index in [-0.39, 0.29) is 5.41 Å². The molecule has 0 atom stereocenters. The van der Waals surface area contributed by atoms with E-state index in [1.54, 1.807) is 0 Å². The van der Waals surface area contributed by atoms with Crippen molar-refractivity contribution in [2.24, 2.45) is 0 Å². The van der Waals surface area contributed by atoms with Crippen LogP contribution in [0.4, 0.5) is 0 Å². The van der Waals surface area contributed by atoms with E-state index in [9.17, 15) is 0 Å². The number of allylic oxidation sites excluding steroid dienone is 4.